The molecule has 116 valence electrons. The highest BCUT2D eigenvalue weighted by molar-refractivity contribution is 7.89. The van der Waals surface area contributed by atoms with E-state index in [2.05, 4.69) is 0 Å². The van der Waals surface area contributed by atoms with Crippen LogP contribution in [0.1, 0.15) is 49.7 Å². The van der Waals surface area contributed by atoms with Crippen LogP contribution in [0.2, 0.25) is 0 Å². The zero-order chi connectivity index (χ0) is 15.0. The quantitative estimate of drug-likeness (QED) is 0.836. The molecule has 1 aliphatic carbocycles. The third kappa shape index (κ3) is 2.76. The van der Waals surface area contributed by atoms with E-state index in [4.69, 9.17) is 0 Å². The van der Waals surface area contributed by atoms with Crippen LogP contribution < -0.4 is 0 Å². The molecule has 0 amide bonds. The van der Waals surface area contributed by atoms with Crippen molar-refractivity contribution in [2.24, 2.45) is 5.92 Å². The third-order valence-electron chi connectivity index (χ3n) is 5.12. The highest BCUT2D eigenvalue weighted by Gasteiger charge is 2.40. The molecular weight excluding hydrogens is 282 g/mol. The fourth-order valence-corrected chi connectivity index (χ4v) is 6.05. The average molecular weight is 307 g/mol. The maximum atomic E-state index is 13.1. The number of nitrogens with zero attached hydrogens (tertiary/aromatic N) is 1. The van der Waals surface area contributed by atoms with Gasteiger partial charge in [0.1, 0.15) is 0 Å². The number of fused-ring (bicyclic) bond motifs is 1. The molecule has 2 atom stereocenters. The molecule has 0 spiro atoms. The first-order valence-corrected chi connectivity index (χ1v) is 9.53. The molecule has 0 bridgehead atoms. The Morgan fingerprint density at radius 1 is 1.05 bits per heavy atom. The summed E-state index contributed by atoms with van der Waals surface area (Å²) in [5, 5.41) is 0. The molecule has 2 fully saturated rings. The Hall–Kier alpha value is -0.870. The highest BCUT2D eigenvalue weighted by Crippen LogP contribution is 2.38. The summed E-state index contributed by atoms with van der Waals surface area (Å²) in [4.78, 5) is 0.508. The maximum absolute atomic E-state index is 13.1. The number of hydrogen-bond donors (Lipinski definition) is 0. The van der Waals surface area contributed by atoms with Crippen molar-refractivity contribution in [1.29, 1.82) is 0 Å². The van der Waals surface area contributed by atoms with Gasteiger partial charge in [-0.05, 0) is 62.6 Å². The van der Waals surface area contributed by atoms with Crippen molar-refractivity contribution >= 4 is 10.0 Å². The second-order valence-corrected chi connectivity index (χ2v) is 8.50. The van der Waals surface area contributed by atoms with Crippen LogP contribution in [-0.2, 0) is 10.0 Å². The summed E-state index contributed by atoms with van der Waals surface area (Å²) < 4.78 is 28.1. The molecule has 2 aliphatic rings. The summed E-state index contributed by atoms with van der Waals surface area (Å²) in [6.07, 6.45) is 6.87. The SMILES string of the molecule is Cc1ccc(C)c(S(=O)(=O)N2CCC[C@@H]3CCCC[C@@H]32)c1. The summed E-state index contributed by atoms with van der Waals surface area (Å²) in [6.45, 7) is 4.55. The van der Waals surface area contributed by atoms with Crippen LogP contribution in [0.15, 0.2) is 23.1 Å². The second kappa shape index (κ2) is 5.73. The van der Waals surface area contributed by atoms with Crippen LogP contribution in [0.4, 0.5) is 0 Å². The minimum Gasteiger partial charge on any atom is -0.207 e. The van der Waals surface area contributed by atoms with Gasteiger partial charge in [-0.3, -0.25) is 0 Å². The van der Waals surface area contributed by atoms with Gasteiger partial charge < -0.3 is 0 Å². The van der Waals surface area contributed by atoms with Gasteiger partial charge in [-0.2, -0.15) is 4.31 Å². The molecule has 0 aromatic heterocycles. The Kier molecular flexibility index (Phi) is 4.10. The van der Waals surface area contributed by atoms with Crippen LogP contribution in [0.5, 0.6) is 0 Å². The number of sulfonamides is 1. The van der Waals surface area contributed by atoms with E-state index in [1.54, 1.807) is 0 Å². The Morgan fingerprint density at radius 2 is 1.76 bits per heavy atom. The van der Waals surface area contributed by atoms with Gasteiger partial charge in [-0.25, -0.2) is 8.42 Å². The van der Waals surface area contributed by atoms with Crippen LogP contribution >= 0.6 is 0 Å². The van der Waals surface area contributed by atoms with Gasteiger partial charge in [0, 0.05) is 12.6 Å². The van der Waals surface area contributed by atoms with E-state index < -0.39 is 10.0 Å². The zero-order valence-corrected chi connectivity index (χ0v) is 13.8. The van der Waals surface area contributed by atoms with E-state index in [-0.39, 0.29) is 6.04 Å². The Labute approximate surface area is 128 Å². The van der Waals surface area contributed by atoms with Crippen LogP contribution in [0, 0.1) is 19.8 Å². The van der Waals surface area contributed by atoms with Gasteiger partial charge >= 0.3 is 0 Å². The fraction of sp³-hybridized carbons (Fsp3) is 0.647. The molecule has 0 radical (unpaired) electrons. The van der Waals surface area contributed by atoms with Gasteiger partial charge in [0.05, 0.1) is 4.90 Å². The number of benzene rings is 1. The Bertz CT molecular complexity index is 622. The average Bonchev–Trinajstić information content (AvgIpc) is 2.49. The van der Waals surface area contributed by atoms with Crippen molar-refractivity contribution in [3.63, 3.8) is 0 Å². The number of aryl methyl sites for hydroxylation is 2. The monoisotopic (exact) mass is 307 g/mol. The van der Waals surface area contributed by atoms with Crippen molar-refractivity contribution in [3.8, 4) is 0 Å². The summed E-state index contributed by atoms with van der Waals surface area (Å²) in [5.74, 6) is 0.576. The van der Waals surface area contributed by atoms with Crippen LogP contribution in [-0.4, -0.2) is 25.3 Å². The predicted octanol–water partition coefficient (Wildman–Crippen LogP) is 3.65. The maximum Gasteiger partial charge on any atom is 0.243 e. The standard InChI is InChI=1S/C17H25NO2S/c1-13-9-10-14(2)17(12-13)21(19,20)18-11-5-7-15-6-3-4-8-16(15)18/h9-10,12,15-16H,3-8,11H2,1-2H3/t15-,16-/m0/s1. The Morgan fingerprint density at radius 3 is 2.57 bits per heavy atom. The van der Waals surface area contributed by atoms with Crippen molar-refractivity contribution in [2.45, 2.75) is 63.3 Å². The highest BCUT2D eigenvalue weighted by atomic mass is 32.2. The van der Waals surface area contributed by atoms with E-state index in [1.165, 1.54) is 25.7 Å². The van der Waals surface area contributed by atoms with Crippen LogP contribution in [0.25, 0.3) is 0 Å². The van der Waals surface area contributed by atoms with E-state index >= 15 is 0 Å². The van der Waals surface area contributed by atoms with Gasteiger partial charge in [0.25, 0.3) is 0 Å². The zero-order valence-electron chi connectivity index (χ0n) is 13.0. The van der Waals surface area contributed by atoms with E-state index in [0.717, 1.165) is 24.0 Å². The van der Waals surface area contributed by atoms with Gasteiger partial charge in [-0.1, -0.05) is 25.0 Å². The molecule has 1 aromatic rings. The first-order chi connectivity index (χ1) is 10.00. The lowest BCUT2D eigenvalue weighted by atomic mass is 9.79. The largest absolute Gasteiger partial charge is 0.243 e. The number of piperidine rings is 1. The molecular formula is C17H25NO2S. The number of rotatable bonds is 2. The molecule has 1 saturated carbocycles. The molecule has 3 nitrogen and oxygen atoms in total. The van der Waals surface area contributed by atoms with Gasteiger partial charge in [0.2, 0.25) is 10.0 Å². The minimum atomic E-state index is -3.35. The fourth-order valence-electron chi connectivity index (χ4n) is 3.99. The van der Waals surface area contributed by atoms with E-state index in [9.17, 15) is 8.42 Å². The normalized spacial score (nSPS) is 27.3. The second-order valence-electron chi connectivity index (χ2n) is 6.64. The van der Waals surface area contributed by atoms with Crippen LogP contribution in [0.3, 0.4) is 0 Å². The lowest BCUT2D eigenvalue weighted by molar-refractivity contribution is 0.129. The number of hydrogen-bond acceptors (Lipinski definition) is 2. The first-order valence-electron chi connectivity index (χ1n) is 8.09. The molecule has 1 aliphatic heterocycles. The Balaban J connectivity index is 1.98. The molecule has 0 unspecified atom stereocenters. The topological polar surface area (TPSA) is 37.4 Å². The predicted molar refractivity (Wildman–Crippen MR) is 84.8 cm³/mol. The summed E-state index contributed by atoms with van der Waals surface area (Å²) >= 11 is 0. The van der Waals surface area contributed by atoms with E-state index in [1.807, 2.05) is 36.4 Å². The summed E-state index contributed by atoms with van der Waals surface area (Å²) in [6, 6.07) is 5.97. The first kappa shape index (κ1) is 15.0. The molecule has 1 aromatic carbocycles. The van der Waals surface area contributed by atoms with Crippen molar-refractivity contribution in [1.82, 2.24) is 4.31 Å². The third-order valence-corrected chi connectivity index (χ3v) is 7.19. The minimum absolute atomic E-state index is 0.234. The molecule has 1 saturated heterocycles. The molecule has 0 N–H and O–H groups in total. The lowest BCUT2D eigenvalue weighted by Crippen LogP contribution is -2.49. The smallest absolute Gasteiger partial charge is 0.207 e. The van der Waals surface area contributed by atoms with Gasteiger partial charge in [-0.15, -0.1) is 0 Å². The van der Waals surface area contributed by atoms with Crippen molar-refractivity contribution in [3.05, 3.63) is 29.3 Å². The van der Waals surface area contributed by atoms with E-state index in [0.29, 0.717) is 17.4 Å². The molecule has 3 rings (SSSR count). The molecule has 4 heteroatoms. The van der Waals surface area contributed by atoms with Gasteiger partial charge in [0.15, 0.2) is 0 Å². The molecule has 1 heterocycles. The lowest BCUT2D eigenvalue weighted by Gasteiger charge is -2.43. The summed E-state index contributed by atoms with van der Waals surface area (Å²) in [7, 11) is -3.35. The van der Waals surface area contributed by atoms with Crippen molar-refractivity contribution < 1.29 is 8.42 Å². The van der Waals surface area contributed by atoms with Crippen molar-refractivity contribution in [2.75, 3.05) is 6.54 Å². The molecule has 21 heavy (non-hydrogen) atoms. The summed E-state index contributed by atoms with van der Waals surface area (Å²) in [5.41, 5.74) is 1.87.